The standard InChI is InChI=1S/C13H18O/c1-5-10-7-12(9(3)4)8-11(6-2)13(10)14/h7-8,14H,3,5-6H2,1-2,4H3. The molecule has 0 bridgehead atoms. The summed E-state index contributed by atoms with van der Waals surface area (Å²) in [7, 11) is 0. The Hall–Kier alpha value is -1.24. The number of hydrogen-bond acceptors (Lipinski definition) is 1. The second kappa shape index (κ2) is 4.32. The van der Waals surface area contributed by atoms with Crippen LogP contribution in [0.2, 0.25) is 0 Å². The van der Waals surface area contributed by atoms with E-state index in [9.17, 15) is 5.11 Å². The van der Waals surface area contributed by atoms with Crippen LogP contribution in [-0.4, -0.2) is 5.11 Å². The Morgan fingerprint density at radius 3 is 1.93 bits per heavy atom. The fourth-order valence-electron chi connectivity index (χ4n) is 1.55. The molecule has 0 saturated heterocycles. The van der Waals surface area contributed by atoms with Crippen LogP contribution in [0.3, 0.4) is 0 Å². The lowest BCUT2D eigenvalue weighted by molar-refractivity contribution is 0.462. The van der Waals surface area contributed by atoms with Crippen LogP contribution in [0.5, 0.6) is 5.75 Å². The van der Waals surface area contributed by atoms with Crippen molar-refractivity contribution in [2.75, 3.05) is 0 Å². The number of phenolic OH excluding ortho intramolecular Hbond substituents is 1. The largest absolute Gasteiger partial charge is 0.507 e. The molecule has 0 aliphatic rings. The Morgan fingerprint density at radius 2 is 1.64 bits per heavy atom. The summed E-state index contributed by atoms with van der Waals surface area (Å²) < 4.78 is 0. The van der Waals surface area contributed by atoms with E-state index in [1.165, 1.54) is 0 Å². The zero-order valence-corrected chi connectivity index (χ0v) is 9.22. The van der Waals surface area contributed by atoms with Crippen LogP contribution in [0, 0.1) is 0 Å². The summed E-state index contributed by atoms with van der Waals surface area (Å²) in [5.41, 5.74) is 4.22. The third-order valence-electron chi connectivity index (χ3n) is 2.52. The van der Waals surface area contributed by atoms with Crippen molar-refractivity contribution >= 4 is 5.57 Å². The molecule has 0 spiro atoms. The zero-order chi connectivity index (χ0) is 10.7. The molecule has 1 N–H and O–H groups in total. The number of benzene rings is 1. The summed E-state index contributed by atoms with van der Waals surface area (Å²) in [4.78, 5) is 0. The lowest BCUT2D eigenvalue weighted by Crippen LogP contribution is -1.92. The summed E-state index contributed by atoms with van der Waals surface area (Å²) in [6, 6.07) is 4.05. The van der Waals surface area contributed by atoms with E-state index in [1.807, 2.05) is 19.1 Å². The van der Waals surface area contributed by atoms with Crippen LogP contribution >= 0.6 is 0 Å². The third-order valence-corrected chi connectivity index (χ3v) is 2.52. The SMILES string of the molecule is C=C(C)c1cc(CC)c(O)c(CC)c1. The number of aryl methyl sites for hydroxylation is 2. The molecule has 0 atom stereocenters. The van der Waals surface area contributed by atoms with Gasteiger partial charge in [-0.15, -0.1) is 0 Å². The van der Waals surface area contributed by atoms with Gasteiger partial charge in [0.15, 0.2) is 0 Å². The lowest BCUT2D eigenvalue weighted by Gasteiger charge is -2.10. The van der Waals surface area contributed by atoms with E-state index in [1.54, 1.807) is 0 Å². The van der Waals surface area contributed by atoms with E-state index < -0.39 is 0 Å². The number of rotatable bonds is 3. The van der Waals surface area contributed by atoms with E-state index >= 15 is 0 Å². The van der Waals surface area contributed by atoms with E-state index in [0.29, 0.717) is 5.75 Å². The molecule has 0 aliphatic heterocycles. The van der Waals surface area contributed by atoms with Crippen LogP contribution in [0.1, 0.15) is 37.5 Å². The minimum Gasteiger partial charge on any atom is -0.507 e. The van der Waals surface area contributed by atoms with Gasteiger partial charge in [-0.05, 0) is 48.6 Å². The zero-order valence-electron chi connectivity index (χ0n) is 9.22. The molecule has 1 aromatic carbocycles. The predicted molar refractivity (Wildman–Crippen MR) is 61.6 cm³/mol. The van der Waals surface area contributed by atoms with Gasteiger partial charge in [-0.3, -0.25) is 0 Å². The van der Waals surface area contributed by atoms with Crippen LogP contribution < -0.4 is 0 Å². The lowest BCUT2D eigenvalue weighted by atomic mass is 9.98. The monoisotopic (exact) mass is 190 g/mol. The molecule has 76 valence electrons. The molecule has 1 aromatic rings. The van der Waals surface area contributed by atoms with Crippen LogP contribution in [-0.2, 0) is 12.8 Å². The summed E-state index contributed by atoms with van der Waals surface area (Å²) in [6.07, 6.45) is 1.72. The molecule has 1 heteroatoms. The van der Waals surface area contributed by atoms with Gasteiger partial charge in [-0.25, -0.2) is 0 Å². The van der Waals surface area contributed by atoms with Crippen molar-refractivity contribution in [3.05, 3.63) is 35.4 Å². The molecule has 0 saturated carbocycles. The summed E-state index contributed by atoms with van der Waals surface area (Å²) in [6.45, 7) is 10.0. The van der Waals surface area contributed by atoms with Crippen LogP contribution in [0.25, 0.3) is 5.57 Å². The normalized spacial score (nSPS) is 10.2. The molecule has 0 radical (unpaired) electrons. The molecular weight excluding hydrogens is 172 g/mol. The molecule has 1 nitrogen and oxygen atoms in total. The van der Waals surface area contributed by atoms with Crippen molar-refractivity contribution in [1.29, 1.82) is 0 Å². The number of allylic oxidation sites excluding steroid dienone is 1. The summed E-state index contributed by atoms with van der Waals surface area (Å²) in [5, 5.41) is 9.87. The Labute approximate surface area is 86.1 Å². The predicted octanol–water partition coefficient (Wildman–Crippen LogP) is 3.55. The first-order chi connectivity index (χ1) is 6.60. The Bertz CT molecular complexity index is 325. The smallest absolute Gasteiger partial charge is 0.121 e. The fourth-order valence-corrected chi connectivity index (χ4v) is 1.55. The minimum absolute atomic E-state index is 0.458. The van der Waals surface area contributed by atoms with Crippen molar-refractivity contribution in [2.24, 2.45) is 0 Å². The average Bonchev–Trinajstić information content (AvgIpc) is 2.17. The van der Waals surface area contributed by atoms with E-state index in [0.717, 1.165) is 35.1 Å². The first kappa shape index (κ1) is 10.8. The van der Waals surface area contributed by atoms with Gasteiger partial charge in [0.05, 0.1) is 0 Å². The van der Waals surface area contributed by atoms with Gasteiger partial charge < -0.3 is 5.11 Å². The van der Waals surface area contributed by atoms with Gasteiger partial charge in [0, 0.05) is 0 Å². The molecule has 0 heterocycles. The summed E-state index contributed by atoms with van der Waals surface area (Å²) >= 11 is 0. The topological polar surface area (TPSA) is 20.2 Å². The number of aromatic hydroxyl groups is 1. The van der Waals surface area contributed by atoms with E-state index in [-0.39, 0.29) is 0 Å². The maximum atomic E-state index is 9.87. The fraction of sp³-hybridized carbons (Fsp3) is 0.385. The van der Waals surface area contributed by atoms with Crippen molar-refractivity contribution in [3.63, 3.8) is 0 Å². The molecule has 0 unspecified atom stereocenters. The first-order valence-corrected chi connectivity index (χ1v) is 5.10. The highest BCUT2D eigenvalue weighted by atomic mass is 16.3. The van der Waals surface area contributed by atoms with Crippen molar-refractivity contribution in [2.45, 2.75) is 33.6 Å². The van der Waals surface area contributed by atoms with E-state index in [4.69, 9.17) is 0 Å². The van der Waals surface area contributed by atoms with Crippen molar-refractivity contribution < 1.29 is 5.11 Å². The van der Waals surface area contributed by atoms with Crippen LogP contribution in [0.4, 0.5) is 0 Å². The molecule has 0 fully saturated rings. The minimum atomic E-state index is 0.458. The second-order valence-corrected chi connectivity index (χ2v) is 3.63. The van der Waals surface area contributed by atoms with Crippen LogP contribution in [0.15, 0.2) is 18.7 Å². The van der Waals surface area contributed by atoms with Crippen molar-refractivity contribution in [1.82, 2.24) is 0 Å². The van der Waals surface area contributed by atoms with Gasteiger partial charge in [-0.2, -0.15) is 0 Å². The van der Waals surface area contributed by atoms with Gasteiger partial charge >= 0.3 is 0 Å². The summed E-state index contributed by atoms with van der Waals surface area (Å²) in [5.74, 6) is 0.458. The van der Waals surface area contributed by atoms with Gasteiger partial charge in [0.2, 0.25) is 0 Å². The molecule has 0 aromatic heterocycles. The number of phenols is 1. The second-order valence-electron chi connectivity index (χ2n) is 3.63. The molecule has 0 aliphatic carbocycles. The third kappa shape index (κ3) is 1.98. The highest BCUT2D eigenvalue weighted by molar-refractivity contribution is 5.64. The average molecular weight is 190 g/mol. The van der Waals surface area contributed by atoms with E-state index in [2.05, 4.69) is 20.4 Å². The van der Waals surface area contributed by atoms with Gasteiger partial charge in [0.25, 0.3) is 0 Å². The Morgan fingerprint density at radius 1 is 1.21 bits per heavy atom. The Balaban J connectivity index is 3.32. The maximum absolute atomic E-state index is 9.87. The molecule has 0 amide bonds. The maximum Gasteiger partial charge on any atom is 0.121 e. The highest BCUT2D eigenvalue weighted by Crippen LogP contribution is 2.28. The molecule has 14 heavy (non-hydrogen) atoms. The molecular formula is C13H18O. The van der Waals surface area contributed by atoms with Crippen molar-refractivity contribution in [3.8, 4) is 5.75 Å². The first-order valence-electron chi connectivity index (χ1n) is 5.10. The molecule has 1 rings (SSSR count). The Kier molecular flexibility index (Phi) is 3.34. The number of hydrogen-bond donors (Lipinski definition) is 1. The highest BCUT2D eigenvalue weighted by Gasteiger charge is 2.07. The van der Waals surface area contributed by atoms with Gasteiger partial charge in [0.1, 0.15) is 5.75 Å². The van der Waals surface area contributed by atoms with Gasteiger partial charge in [-0.1, -0.05) is 26.0 Å². The quantitative estimate of drug-likeness (QED) is 0.772.